The lowest BCUT2D eigenvalue weighted by atomic mass is 10.1. The van der Waals surface area contributed by atoms with E-state index in [9.17, 15) is 5.11 Å². The summed E-state index contributed by atoms with van der Waals surface area (Å²) in [4.78, 5) is 0. The number of nitrogens with zero attached hydrogens (tertiary/aromatic N) is 4. The van der Waals surface area contributed by atoms with Gasteiger partial charge in [-0.1, -0.05) is 13.8 Å². The van der Waals surface area contributed by atoms with E-state index in [4.69, 9.17) is 15.3 Å². The maximum Gasteiger partial charge on any atom is 0.171 e. The summed E-state index contributed by atoms with van der Waals surface area (Å²) in [5.74, 6) is 0.996. The first-order valence-corrected chi connectivity index (χ1v) is 6.99. The third kappa shape index (κ3) is 2.93. The predicted molar refractivity (Wildman–Crippen MR) is 79.1 cm³/mol. The van der Waals surface area contributed by atoms with Crippen molar-refractivity contribution in [2.75, 3.05) is 0 Å². The molecule has 0 spiro atoms. The maximum absolute atomic E-state index is 9.37. The number of benzene rings is 1. The van der Waals surface area contributed by atoms with Gasteiger partial charge in [0.2, 0.25) is 0 Å². The first kappa shape index (κ1) is 15.6. The number of aliphatic hydroxyl groups excluding tert-OH is 1. The third-order valence-corrected chi connectivity index (χ3v) is 3.27. The molecule has 0 aliphatic rings. The largest absolute Gasteiger partial charge is 0.453 e. The molecule has 112 valence electrons. The molecule has 0 unspecified atom stereocenters. The Morgan fingerprint density at radius 3 is 2.23 bits per heavy atom. The molecule has 1 aromatic heterocycles. The number of ether oxygens (including phenoxy) is 1. The topological polar surface area (TPSA) is 94.9 Å². The van der Waals surface area contributed by atoms with Gasteiger partial charge in [-0.2, -0.15) is 15.6 Å². The van der Waals surface area contributed by atoms with E-state index < -0.39 is 0 Å². The number of rotatable bonds is 5. The van der Waals surface area contributed by atoms with Crippen LogP contribution in [-0.2, 0) is 19.6 Å². The molecule has 0 fully saturated rings. The van der Waals surface area contributed by atoms with Crippen molar-refractivity contribution in [2.45, 2.75) is 33.4 Å². The minimum Gasteiger partial charge on any atom is -0.453 e. The molecule has 0 amide bonds. The molecule has 22 heavy (non-hydrogen) atoms. The van der Waals surface area contributed by atoms with Crippen molar-refractivity contribution < 1.29 is 9.84 Å². The number of aromatic nitrogens is 2. The first-order chi connectivity index (χ1) is 10.7. The maximum atomic E-state index is 9.37. The van der Waals surface area contributed by atoms with E-state index in [1.54, 1.807) is 12.1 Å². The lowest BCUT2D eigenvalue weighted by Gasteiger charge is -2.09. The normalized spacial score (nSPS) is 10.0. The molecule has 0 aliphatic carbocycles. The number of aryl methyl sites for hydroxylation is 1. The van der Waals surface area contributed by atoms with Crippen LogP contribution in [0.3, 0.4) is 0 Å². The van der Waals surface area contributed by atoms with Crippen LogP contribution in [0.4, 0.5) is 0 Å². The van der Waals surface area contributed by atoms with Crippen LogP contribution in [-0.4, -0.2) is 14.9 Å². The van der Waals surface area contributed by atoms with Crippen LogP contribution in [0, 0.1) is 22.7 Å². The minimum atomic E-state index is -0.221. The van der Waals surface area contributed by atoms with Gasteiger partial charge in [0, 0.05) is 0 Å². The summed E-state index contributed by atoms with van der Waals surface area (Å²) >= 11 is 0. The Labute approximate surface area is 128 Å². The Bertz CT molecular complexity index is 733. The van der Waals surface area contributed by atoms with Crippen LogP contribution in [0.2, 0.25) is 0 Å². The van der Waals surface area contributed by atoms with Gasteiger partial charge >= 0.3 is 0 Å². The van der Waals surface area contributed by atoms with E-state index in [1.165, 1.54) is 10.7 Å². The Kier molecular flexibility index (Phi) is 4.77. The number of aliphatic hydroxyl groups is 1. The van der Waals surface area contributed by atoms with Gasteiger partial charge in [0.15, 0.2) is 5.75 Å². The van der Waals surface area contributed by atoms with Crippen molar-refractivity contribution in [3.63, 3.8) is 0 Å². The summed E-state index contributed by atoms with van der Waals surface area (Å²) in [6.45, 7) is 3.67. The average molecular weight is 296 g/mol. The molecule has 2 rings (SSSR count). The number of nitriles is 2. The fraction of sp³-hybridized carbons (Fsp3) is 0.312. The molecule has 6 nitrogen and oxygen atoms in total. The predicted octanol–water partition coefficient (Wildman–Crippen LogP) is 2.49. The standard InChI is InChI=1S/C16H16N4O2/c1-3-14-16(15(4-2)20(10-21)19-14)22-13-6-11(8-17)5-12(7-13)9-18/h5-7,21H,3-4,10H2,1-2H3. The molecule has 0 bridgehead atoms. The molecule has 1 heterocycles. The van der Waals surface area contributed by atoms with Crippen LogP contribution in [0.25, 0.3) is 0 Å². The van der Waals surface area contributed by atoms with E-state index >= 15 is 0 Å². The monoisotopic (exact) mass is 296 g/mol. The van der Waals surface area contributed by atoms with Gasteiger partial charge < -0.3 is 9.84 Å². The number of hydrogen-bond donors (Lipinski definition) is 1. The summed E-state index contributed by atoms with van der Waals surface area (Å²) in [6, 6.07) is 8.68. The molecule has 0 saturated carbocycles. The highest BCUT2D eigenvalue weighted by Crippen LogP contribution is 2.31. The fourth-order valence-corrected chi connectivity index (χ4v) is 2.25. The summed E-state index contributed by atoms with van der Waals surface area (Å²) in [5.41, 5.74) is 2.23. The molecule has 0 atom stereocenters. The Hall–Kier alpha value is -2.83. The SMILES string of the molecule is CCc1nn(CO)c(CC)c1Oc1cc(C#N)cc(C#N)c1. The fourth-order valence-electron chi connectivity index (χ4n) is 2.25. The highest BCUT2D eigenvalue weighted by molar-refractivity contribution is 5.48. The van der Waals surface area contributed by atoms with E-state index in [-0.39, 0.29) is 6.73 Å². The van der Waals surface area contributed by atoms with Crippen LogP contribution in [0.5, 0.6) is 11.5 Å². The van der Waals surface area contributed by atoms with E-state index in [0.717, 1.165) is 11.4 Å². The van der Waals surface area contributed by atoms with Gasteiger partial charge in [0.1, 0.15) is 18.2 Å². The van der Waals surface area contributed by atoms with Crippen molar-refractivity contribution in [1.82, 2.24) is 9.78 Å². The van der Waals surface area contributed by atoms with Gasteiger partial charge in [-0.15, -0.1) is 0 Å². The Balaban J connectivity index is 2.49. The van der Waals surface area contributed by atoms with Crippen molar-refractivity contribution in [3.05, 3.63) is 40.7 Å². The van der Waals surface area contributed by atoms with Crippen molar-refractivity contribution in [3.8, 4) is 23.6 Å². The quantitative estimate of drug-likeness (QED) is 0.914. The molecule has 0 aliphatic heterocycles. The van der Waals surface area contributed by atoms with E-state index in [1.807, 2.05) is 26.0 Å². The zero-order valence-corrected chi connectivity index (χ0v) is 12.5. The molecule has 2 aromatic rings. The van der Waals surface area contributed by atoms with Crippen molar-refractivity contribution in [2.24, 2.45) is 0 Å². The molecule has 1 N–H and O–H groups in total. The number of hydrogen-bond acceptors (Lipinski definition) is 5. The van der Waals surface area contributed by atoms with Crippen LogP contribution in [0.15, 0.2) is 18.2 Å². The lowest BCUT2D eigenvalue weighted by molar-refractivity contribution is 0.190. The third-order valence-electron chi connectivity index (χ3n) is 3.27. The van der Waals surface area contributed by atoms with Gasteiger partial charge in [0.25, 0.3) is 0 Å². The van der Waals surface area contributed by atoms with Crippen LogP contribution in [0.1, 0.15) is 36.4 Å². The Morgan fingerprint density at radius 1 is 1.14 bits per heavy atom. The second-order valence-electron chi connectivity index (χ2n) is 4.64. The molecule has 0 saturated heterocycles. The summed E-state index contributed by atoms with van der Waals surface area (Å²) in [5, 5.41) is 31.7. The lowest BCUT2D eigenvalue weighted by Crippen LogP contribution is -2.04. The smallest absolute Gasteiger partial charge is 0.171 e. The van der Waals surface area contributed by atoms with Gasteiger partial charge in [-0.25, -0.2) is 4.68 Å². The van der Waals surface area contributed by atoms with Crippen LogP contribution < -0.4 is 4.74 Å². The van der Waals surface area contributed by atoms with Gasteiger partial charge in [0.05, 0.1) is 29.0 Å². The zero-order valence-electron chi connectivity index (χ0n) is 12.5. The molecular formula is C16H16N4O2. The van der Waals surface area contributed by atoms with E-state index in [0.29, 0.717) is 35.5 Å². The molecule has 1 aromatic carbocycles. The second-order valence-corrected chi connectivity index (χ2v) is 4.64. The summed E-state index contributed by atoms with van der Waals surface area (Å²) in [6.07, 6.45) is 1.30. The summed E-state index contributed by atoms with van der Waals surface area (Å²) < 4.78 is 7.39. The first-order valence-electron chi connectivity index (χ1n) is 6.99. The highest BCUT2D eigenvalue weighted by atomic mass is 16.5. The van der Waals surface area contributed by atoms with Gasteiger partial charge in [-0.05, 0) is 31.0 Å². The summed E-state index contributed by atoms with van der Waals surface area (Å²) in [7, 11) is 0. The van der Waals surface area contributed by atoms with Crippen molar-refractivity contribution in [1.29, 1.82) is 10.5 Å². The zero-order chi connectivity index (χ0) is 16.1. The minimum absolute atomic E-state index is 0.221. The van der Waals surface area contributed by atoms with E-state index in [2.05, 4.69) is 5.10 Å². The Morgan fingerprint density at radius 2 is 1.77 bits per heavy atom. The molecule has 0 radical (unpaired) electrons. The second kappa shape index (κ2) is 6.75. The van der Waals surface area contributed by atoms with Crippen LogP contribution >= 0.6 is 0 Å². The molecule has 6 heteroatoms. The highest BCUT2D eigenvalue weighted by Gasteiger charge is 2.18. The van der Waals surface area contributed by atoms with Crippen molar-refractivity contribution >= 4 is 0 Å². The van der Waals surface area contributed by atoms with Gasteiger partial charge in [-0.3, -0.25) is 0 Å². The average Bonchev–Trinajstić information content (AvgIpc) is 2.90. The molecular weight excluding hydrogens is 280 g/mol.